The molecule has 0 bridgehead atoms. The lowest BCUT2D eigenvalue weighted by Gasteiger charge is -2.31. The molecule has 0 saturated carbocycles. The first-order valence-corrected chi connectivity index (χ1v) is 7.82. The van der Waals surface area contributed by atoms with Crippen LogP contribution < -0.4 is 5.32 Å². The summed E-state index contributed by atoms with van der Waals surface area (Å²) in [6.45, 7) is 7.01. The molecule has 0 aliphatic carbocycles. The number of hydrogen-bond donors (Lipinski definition) is 1. The lowest BCUT2D eigenvalue weighted by Crippen LogP contribution is -2.40. The zero-order valence-corrected chi connectivity index (χ0v) is 12.7. The highest BCUT2D eigenvalue weighted by Crippen LogP contribution is 2.19. The fourth-order valence-corrected chi connectivity index (χ4v) is 2.86. The van der Waals surface area contributed by atoms with Gasteiger partial charge in [0.1, 0.15) is 0 Å². The van der Waals surface area contributed by atoms with Crippen LogP contribution in [-0.4, -0.2) is 30.4 Å². The summed E-state index contributed by atoms with van der Waals surface area (Å²) < 4.78 is 0. The number of hydrogen-bond acceptors (Lipinski definition) is 2. The van der Waals surface area contributed by atoms with Crippen molar-refractivity contribution in [2.24, 2.45) is 5.92 Å². The molecule has 3 heteroatoms. The Balaban J connectivity index is 1.82. The maximum Gasteiger partial charge on any atom is 0.238 e. The summed E-state index contributed by atoms with van der Waals surface area (Å²) in [5.74, 6) is 0.867. The van der Waals surface area contributed by atoms with Gasteiger partial charge in [0, 0.05) is 12.2 Å². The van der Waals surface area contributed by atoms with Crippen LogP contribution in [0.4, 0.5) is 5.69 Å². The van der Waals surface area contributed by atoms with Crippen molar-refractivity contribution in [3.05, 3.63) is 29.8 Å². The van der Waals surface area contributed by atoms with E-state index in [-0.39, 0.29) is 5.91 Å². The highest BCUT2D eigenvalue weighted by Gasteiger charge is 2.20. The van der Waals surface area contributed by atoms with Crippen molar-refractivity contribution in [2.75, 3.05) is 25.0 Å². The van der Waals surface area contributed by atoms with Gasteiger partial charge in [0.25, 0.3) is 0 Å². The molecule has 1 unspecified atom stereocenters. The minimum absolute atomic E-state index is 0.103. The van der Waals surface area contributed by atoms with Crippen molar-refractivity contribution in [3.8, 4) is 0 Å². The first kappa shape index (κ1) is 15.0. The van der Waals surface area contributed by atoms with Crippen LogP contribution in [0.15, 0.2) is 24.3 Å². The highest BCUT2D eigenvalue weighted by molar-refractivity contribution is 5.92. The van der Waals surface area contributed by atoms with Crippen LogP contribution in [0.25, 0.3) is 0 Å². The van der Waals surface area contributed by atoms with Gasteiger partial charge in [-0.05, 0) is 49.4 Å². The lowest BCUT2D eigenvalue weighted by atomic mass is 9.96. The molecule has 1 aromatic carbocycles. The van der Waals surface area contributed by atoms with Gasteiger partial charge in [-0.1, -0.05) is 32.4 Å². The molecular weight excluding hydrogens is 248 g/mol. The SMILES string of the molecule is CCc1ccc(NC(=O)CN2CCCC(CC)C2)cc1. The number of benzene rings is 1. The third-order valence-corrected chi connectivity index (χ3v) is 4.19. The number of likely N-dealkylation sites (tertiary alicyclic amines) is 1. The summed E-state index contributed by atoms with van der Waals surface area (Å²) >= 11 is 0. The second-order valence-corrected chi connectivity index (χ2v) is 5.75. The largest absolute Gasteiger partial charge is 0.325 e. The summed E-state index contributed by atoms with van der Waals surface area (Å²) in [6, 6.07) is 8.12. The van der Waals surface area contributed by atoms with Crippen LogP contribution in [0, 0.1) is 5.92 Å². The first-order valence-electron chi connectivity index (χ1n) is 7.82. The van der Waals surface area contributed by atoms with Crippen LogP contribution in [0.2, 0.25) is 0 Å². The van der Waals surface area contributed by atoms with Gasteiger partial charge in [-0.3, -0.25) is 9.69 Å². The Morgan fingerprint density at radius 2 is 2.05 bits per heavy atom. The topological polar surface area (TPSA) is 32.3 Å². The van der Waals surface area contributed by atoms with Gasteiger partial charge in [-0.2, -0.15) is 0 Å². The molecule has 20 heavy (non-hydrogen) atoms. The summed E-state index contributed by atoms with van der Waals surface area (Å²) in [4.78, 5) is 14.4. The molecule has 0 aromatic heterocycles. The molecule has 1 heterocycles. The van der Waals surface area contributed by atoms with Crippen LogP contribution in [0.5, 0.6) is 0 Å². The molecule has 1 saturated heterocycles. The molecule has 1 amide bonds. The van der Waals surface area contributed by atoms with E-state index in [1.165, 1.54) is 24.8 Å². The molecule has 1 fully saturated rings. The number of amides is 1. The summed E-state index contributed by atoms with van der Waals surface area (Å²) in [7, 11) is 0. The maximum absolute atomic E-state index is 12.1. The molecule has 1 aliphatic heterocycles. The van der Waals surface area contributed by atoms with Gasteiger partial charge in [0.15, 0.2) is 0 Å². The fourth-order valence-electron chi connectivity index (χ4n) is 2.86. The second kappa shape index (κ2) is 7.44. The Morgan fingerprint density at radius 1 is 1.30 bits per heavy atom. The van der Waals surface area contributed by atoms with Gasteiger partial charge in [0.2, 0.25) is 5.91 Å². The molecule has 1 atom stereocenters. The minimum atomic E-state index is 0.103. The van der Waals surface area contributed by atoms with E-state index >= 15 is 0 Å². The molecule has 2 rings (SSSR count). The summed E-state index contributed by atoms with van der Waals surface area (Å²) in [6.07, 6.45) is 4.78. The van der Waals surface area contributed by atoms with E-state index < -0.39 is 0 Å². The first-order chi connectivity index (χ1) is 9.71. The fraction of sp³-hybridized carbons (Fsp3) is 0.588. The average Bonchev–Trinajstić information content (AvgIpc) is 2.48. The van der Waals surface area contributed by atoms with E-state index in [1.54, 1.807) is 0 Å². The van der Waals surface area contributed by atoms with E-state index in [2.05, 4.69) is 36.2 Å². The minimum Gasteiger partial charge on any atom is -0.325 e. The van der Waals surface area contributed by atoms with Crippen molar-refractivity contribution in [3.63, 3.8) is 0 Å². The summed E-state index contributed by atoms with van der Waals surface area (Å²) in [5.41, 5.74) is 2.20. The molecule has 3 nitrogen and oxygen atoms in total. The zero-order chi connectivity index (χ0) is 14.4. The smallest absolute Gasteiger partial charge is 0.238 e. The number of carbonyl (C=O) groups excluding carboxylic acids is 1. The van der Waals surface area contributed by atoms with Gasteiger partial charge >= 0.3 is 0 Å². The predicted octanol–water partition coefficient (Wildman–Crippen LogP) is 3.31. The van der Waals surface area contributed by atoms with Gasteiger partial charge in [-0.15, -0.1) is 0 Å². The molecule has 1 N–H and O–H groups in total. The maximum atomic E-state index is 12.1. The molecule has 0 spiro atoms. The normalized spacial score (nSPS) is 19.8. The third kappa shape index (κ3) is 4.34. The van der Waals surface area contributed by atoms with Gasteiger partial charge in [0.05, 0.1) is 6.54 Å². The van der Waals surface area contributed by atoms with Crippen LogP contribution >= 0.6 is 0 Å². The Hall–Kier alpha value is -1.35. The van der Waals surface area contributed by atoms with Crippen molar-refractivity contribution in [1.29, 1.82) is 0 Å². The quantitative estimate of drug-likeness (QED) is 0.893. The molecule has 110 valence electrons. The summed E-state index contributed by atoms with van der Waals surface area (Å²) in [5, 5.41) is 2.99. The molecular formula is C17H26N2O. The number of carbonyl (C=O) groups is 1. The Bertz CT molecular complexity index is 427. The van der Waals surface area contributed by atoms with Crippen molar-refractivity contribution in [2.45, 2.75) is 39.5 Å². The molecule has 1 aromatic rings. The molecule has 1 aliphatic rings. The number of nitrogens with one attached hydrogen (secondary N) is 1. The third-order valence-electron chi connectivity index (χ3n) is 4.19. The zero-order valence-electron chi connectivity index (χ0n) is 12.7. The van der Waals surface area contributed by atoms with Gasteiger partial charge < -0.3 is 5.32 Å². The van der Waals surface area contributed by atoms with Crippen LogP contribution in [0.3, 0.4) is 0 Å². The predicted molar refractivity (Wildman–Crippen MR) is 83.9 cm³/mol. The number of anilines is 1. The number of nitrogens with zero attached hydrogens (tertiary/aromatic N) is 1. The number of aryl methyl sites for hydroxylation is 1. The Morgan fingerprint density at radius 3 is 2.70 bits per heavy atom. The van der Waals surface area contributed by atoms with E-state index in [1.807, 2.05) is 12.1 Å². The second-order valence-electron chi connectivity index (χ2n) is 5.75. The van der Waals surface area contributed by atoms with Crippen molar-refractivity contribution in [1.82, 2.24) is 4.90 Å². The lowest BCUT2D eigenvalue weighted by molar-refractivity contribution is -0.117. The monoisotopic (exact) mass is 274 g/mol. The van der Waals surface area contributed by atoms with E-state index in [9.17, 15) is 4.79 Å². The van der Waals surface area contributed by atoms with Crippen molar-refractivity contribution < 1.29 is 4.79 Å². The van der Waals surface area contributed by atoms with Gasteiger partial charge in [-0.25, -0.2) is 0 Å². The van der Waals surface area contributed by atoms with E-state index in [0.717, 1.165) is 31.1 Å². The Kier molecular flexibility index (Phi) is 5.60. The van der Waals surface area contributed by atoms with Crippen LogP contribution in [-0.2, 0) is 11.2 Å². The van der Waals surface area contributed by atoms with Crippen molar-refractivity contribution >= 4 is 11.6 Å². The van der Waals surface area contributed by atoms with E-state index in [0.29, 0.717) is 6.54 Å². The Labute approximate surface area is 122 Å². The molecule has 0 radical (unpaired) electrons. The average molecular weight is 274 g/mol. The number of rotatable bonds is 5. The number of piperidine rings is 1. The standard InChI is InChI=1S/C17H26N2O/c1-3-14-7-9-16(10-8-14)18-17(20)13-19-11-5-6-15(4-2)12-19/h7-10,15H,3-6,11-13H2,1-2H3,(H,18,20). The highest BCUT2D eigenvalue weighted by atomic mass is 16.2. The van der Waals surface area contributed by atoms with E-state index in [4.69, 9.17) is 0 Å². The van der Waals surface area contributed by atoms with Crippen LogP contribution in [0.1, 0.15) is 38.7 Å².